The van der Waals surface area contributed by atoms with Crippen LogP contribution in [0.2, 0.25) is 0 Å². The SMILES string of the molecule is CCOc1ccc(N(C(=O)CC(C)C)c2nc3ccccc3s2)cc1. The van der Waals surface area contributed by atoms with Gasteiger partial charge in [-0.1, -0.05) is 37.3 Å². The minimum absolute atomic E-state index is 0.0539. The van der Waals surface area contributed by atoms with E-state index in [1.54, 1.807) is 4.90 Å². The summed E-state index contributed by atoms with van der Waals surface area (Å²) in [5, 5.41) is 0.705. The number of fused-ring (bicyclic) bond motifs is 1. The number of amides is 1. The maximum atomic E-state index is 12.9. The third-order valence-corrected chi connectivity index (χ3v) is 4.73. The van der Waals surface area contributed by atoms with Gasteiger partial charge in [-0.25, -0.2) is 4.98 Å². The lowest BCUT2D eigenvalue weighted by Gasteiger charge is -2.21. The van der Waals surface area contributed by atoms with Crippen LogP contribution in [-0.2, 0) is 4.79 Å². The molecule has 0 atom stereocenters. The molecule has 4 nitrogen and oxygen atoms in total. The van der Waals surface area contributed by atoms with E-state index < -0.39 is 0 Å². The van der Waals surface area contributed by atoms with E-state index in [0.717, 1.165) is 21.7 Å². The van der Waals surface area contributed by atoms with Gasteiger partial charge in [-0.05, 0) is 49.2 Å². The van der Waals surface area contributed by atoms with Gasteiger partial charge in [0, 0.05) is 6.42 Å². The second-order valence-electron chi connectivity index (χ2n) is 6.22. The molecule has 0 aliphatic rings. The Morgan fingerprint density at radius 1 is 1.16 bits per heavy atom. The molecule has 0 aliphatic carbocycles. The van der Waals surface area contributed by atoms with E-state index in [2.05, 4.69) is 4.98 Å². The summed E-state index contributed by atoms with van der Waals surface area (Å²) in [6.45, 7) is 6.67. The van der Waals surface area contributed by atoms with Crippen molar-refractivity contribution < 1.29 is 9.53 Å². The molecular formula is C20H22N2O2S. The van der Waals surface area contributed by atoms with Crippen LogP contribution in [-0.4, -0.2) is 17.5 Å². The van der Waals surface area contributed by atoms with Gasteiger partial charge in [0.15, 0.2) is 5.13 Å². The average molecular weight is 354 g/mol. The third kappa shape index (κ3) is 3.99. The molecule has 0 aliphatic heterocycles. The lowest BCUT2D eigenvalue weighted by molar-refractivity contribution is -0.118. The second-order valence-corrected chi connectivity index (χ2v) is 7.23. The van der Waals surface area contributed by atoms with Crippen LogP contribution in [0.4, 0.5) is 10.8 Å². The molecule has 1 amide bonds. The first kappa shape index (κ1) is 17.4. The van der Waals surface area contributed by atoms with Crippen molar-refractivity contribution in [3.8, 4) is 5.75 Å². The quantitative estimate of drug-likeness (QED) is 0.595. The first-order chi connectivity index (χ1) is 12.1. The van der Waals surface area contributed by atoms with Gasteiger partial charge in [0.05, 0.1) is 22.5 Å². The molecule has 2 aromatic carbocycles. The zero-order valence-corrected chi connectivity index (χ0v) is 15.5. The largest absolute Gasteiger partial charge is 0.494 e. The Morgan fingerprint density at radius 3 is 2.52 bits per heavy atom. The minimum atomic E-state index is 0.0539. The first-order valence-corrected chi connectivity index (χ1v) is 9.31. The monoisotopic (exact) mass is 354 g/mol. The topological polar surface area (TPSA) is 42.4 Å². The van der Waals surface area contributed by atoms with Gasteiger partial charge in [-0.15, -0.1) is 0 Å². The predicted molar refractivity (Wildman–Crippen MR) is 104 cm³/mol. The molecule has 0 unspecified atom stereocenters. The Labute approximate surface area is 152 Å². The van der Waals surface area contributed by atoms with Crippen LogP contribution in [0.3, 0.4) is 0 Å². The third-order valence-electron chi connectivity index (χ3n) is 3.71. The Hall–Kier alpha value is -2.40. The van der Waals surface area contributed by atoms with Crippen LogP contribution in [0.1, 0.15) is 27.2 Å². The summed E-state index contributed by atoms with van der Waals surface area (Å²) in [6, 6.07) is 15.6. The van der Waals surface area contributed by atoms with Gasteiger partial charge in [0.1, 0.15) is 5.75 Å². The summed E-state index contributed by atoms with van der Waals surface area (Å²) in [5.41, 5.74) is 1.73. The first-order valence-electron chi connectivity index (χ1n) is 8.50. The van der Waals surface area contributed by atoms with Crippen molar-refractivity contribution in [2.45, 2.75) is 27.2 Å². The van der Waals surface area contributed by atoms with E-state index in [1.807, 2.05) is 69.3 Å². The fourth-order valence-corrected chi connectivity index (χ4v) is 3.62. The lowest BCUT2D eigenvalue weighted by Crippen LogP contribution is -2.26. The van der Waals surface area contributed by atoms with Crippen molar-refractivity contribution in [2.75, 3.05) is 11.5 Å². The van der Waals surface area contributed by atoms with Crippen molar-refractivity contribution in [1.82, 2.24) is 4.98 Å². The smallest absolute Gasteiger partial charge is 0.233 e. The molecule has 0 fully saturated rings. The lowest BCUT2D eigenvalue weighted by atomic mass is 10.1. The van der Waals surface area contributed by atoms with Gasteiger partial charge in [-0.2, -0.15) is 0 Å². The highest BCUT2D eigenvalue weighted by Crippen LogP contribution is 2.35. The van der Waals surface area contributed by atoms with Gasteiger partial charge in [0.25, 0.3) is 0 Å². The van der Waals surface area contributed by atoms with E-state index >= 15 is 0 Å². The zero-order chi connectivity index (χ0) is 17.8. The number of anilines is 2. The maximum Gasteiger partial charge on any atom is 0.233 e. The highest BCUT2D eigenvalue weighted by molar-refractivity contribution is 7.22. The molecule has 0 bridgehead atoms. The molecule has 3 aromatic rings. The Bertz CT molecular complexity index is 823. The van der Waals surface area contributed by atoms with Crippen molar-refractivity contribution in [3.63, 3.8) is 0 Å². The van der Waals surface area contributed by atoms with Crippen LogP contribution in [0.25, 0.3) is 10.2 Å². The molecule has 5 heteroatoms. The fraction of sp³-hybridized carbons (Fsp3) is 0.300. The number of thiazole rings is 1. The summed E-state index contributed by atoms with van der Waals surface area (Å²) >= 11 is 1.53. The Balaban J connectivity index is 2.01. The number of carbonyl (C=O) groups is 1. The number of rotatable bonds is 6. The molecule has 0 N–H and O–H groups in total. The van der Waals surface area contributed by atoms with Crippen LogP contribution in [0.15, 0.2) is 48.5 Å². The van der Waals surface area contributed by atoms with Crippen molar-refractivity contribution in [2.24, 2.45) is 5.92 Å². The summed E-state index contributed by atoms with van der Waals surface area (Å²) in [6.07, 6.45) is 0.475. The summed E-state index contributed by atoms with van der Waals surface area (Å²) < 4.78 is 6.58. The van der Waals surface area contributed by atoms with Crippen molar-refractivity contribution in [1.29, 1.82) is 0 Å². The van der Waals surface area contributed by atoms with Gasteiger partial charge in [0.2, 0.25) is 5.91 Å². The standard InChI is InChI=1S/C20H22N2O2S/c1-4-24-16-11-9-15(10-12-16)22(19(23)13-14(2)3)20-21-17-7-5-6-8-18(17)25-20/h5-12,14H,4,13H2,1-3H3. The van der Waals surface area contributed by atoms with E-state index in [9.17, 15) is 4.79 Å². The number of benzene rings is 2. The highest BCUT2D eigenvalue weighted by atomic mass is 32.1. The number of nitrogens with zero attached hydrogens (tertiary/aromatic N) is 2. The fourth-order valence-electron chi connectivity index (χ4n) is 2.62. The minimum Gasteiger partial charge on any atom is -0.494 e. The molecule has 0 saturated heterocycles. The van der Waals surface area contributed by atoms with Gasteiger partial charge >= 0.3 is 0 Å². The van der Waals surface area contributed by atoms with Crippen LogP contribution < -0.4 is 9.64 Å². The average Bonchev–Trinajstić information content (AvgIpc) is 2.99. The molecule has 0 saturated carbocycles. The molecule has 1 aromatic heterocycles. The van der Waals surface area contributed by atoms with E-state index in [-0.39, 0.29) is 11.8 Å². The molecule has 3 rings (SSSR count). The maximum absolute atomic E-state index is 12.9. The number of carbonyl (C=O) groups excluding carboxylic acids is 1. The number of ether oxygens (including phenoxy) is 1. The van der Waals surface area contributed by atoms with E-state index in [4.69, 9.17) is 4.74 Å². The van der Waals surface area contributed by atoms with Crippen LogP contribution in [0.5, 0.6) is 5.75 Å². The number of para-hydroxylation sites is 1. The van der Waals surface area contributed by atoms with Crippen LogP contribution >= 0.6 is 11.3 Å². The summed E-state index contributed by atoms with van der Waals surface area (Å²) in [7, 11) is 0. The normalized spacial score (nSPS) is 11.0. The van der Waals surface area contributed by atoms with Crippen molar-refractivity contribution in [3.05, 3.63) is 48.5 Å². The number of aromatic nitrogens is 1. The Kier molecular flexibility index (Phi) is 5.34. The molecule has 0 radical (unpaired) electrons. The van der Waals surface area contributed by atoms with Gasteiger partial charge in [-0.3, -0.25) is 9.69 Å². The van der Waals surface area contributed by atoms with Gasteiger partial charge < -0.3 is 4.74 Å². The van der Waals surface area contributed by atoms with Crippen LogP contribution in [0, 0.1) is 5.92 Å². The van der Waals surface area contributed by atoms with Crippen molar-refractivity contribution >= 4 is 38.3 Å². The number of hydrogen-bond donors (Lipinski definition) is 0. The van der Waals surface area contributed by atoms with E-state index in [1.165, 1.54) is 11.3 Å². The second kappa shape index (κ2) is 7.66. The molecule has 130 valence electrons. The highest BCUT2D eigenvalue weighted by Gasteiger charge is 2.22. The molecular weight excluding hydrogens is 332 g/mol. The van der Waals surface area contributed by atoms with E-state index in [0.29, 0.717) is 18.2 Å². The molecule has 25 heavy (non-hydrogen) atoms. The Morgan fingerprint density at radius 2 is 1.88 bits per heavy atom. The summed E-state index contributed by atoms with van der Waals surface area (Å²) in [4.78, 5) is 19.3. The zero-order valence-electron chi connectivity index (χ0n) is 14.7. The molecule has 0 spiro atoms. The number of hydrogen-bond acceptors (Lipinski definition) is 4. The molecule has 1 heterocycles. The summed E-state index contributed by atoms with van der Waals surface area (Å²) in [5.74, 6) is 1.14. The predicted octanol–water partition coefficient (Wildman–Crippen LogP) is 5.41.